The Kier molecular flexibility index (Phi) is 67.1. The molecule has 5 N–H and O–H groups in total. The lowest BCUT2D eigenvalue weighted by molar-refractivity contribution is -0.180. The molecule has 25 nitrogen and oxygen atoms in total. The van der Waals surface area contributed by atoms with Gasteiger partial charge in [-0.3, -0.25) is 62.8 Å². The molecule has 0 fully saturated rings. The van der Waals surface area contributed by atoms with Crippen molar-refractivity contribution in [1.82, 2.24) is 19.6 Å². The molecule has 646 valence electrons. The molecule has 1 rings (SSSR count). The highest BCUT2D eigenvalue weighted by atomic mass is 16.6. The van der Waals surface area contributed by atoms with Crippen molar-refractivity contribution in [2.24, 2.45) is 5.41 Å². The van der Waals surface area contributed by atoms with Crippen molar-refractivity contribution in [2.75, 3.05) is 112 Å². The molecule has 0 aliphatic heterocycles. The summed E-state index contributed by atoms with van der Waals surface area (Å²) in [6.45, 7) is -0.888. The second-order valence-electron chi connectivity index (χ2n) is 31.0. The Morgan fingerprint density at radius 1 is 0.330 bits per heavy atom. The number of carboxylic acids is 5. The highest BCUT2D eigenvalue weighted by molar-refractivity contribution is 5.80. The molecule has 0 bridgehead atoms. The van der Waals surface area contributed by atoms with E-state index >= 15 is 0 Å². The minimum absolute atomic E-state index is 0.0867. The SMILES string of the molecule is CCCCCCCCCCCCCCCCCC(=O)OCC(COC(=O)CCCCCCCCCCCCCCCCC)(COC(=O)CCCCCCCCCCCCCCCCC)C(=O)OCCN(CCOCC(=O)OCC(CN(CCN(CC(=O)O)CC(=O)O)CC(=O)O)N(CC(=O)O)CC(=O)O)Cc1ccccc1. The Morgan fingerprint density at radius 2 is 0.634 bits per heavy atom. The summed E-state index contributed by atoms with van der Waals surface area (Å²) >= 11 is 0. The maximum atomic E-state index is 15.0. The first kappa shape index (κ1) is 104. The largest absolute Gasteiger partial charge is 0.480 e. The summed E-state index contributed by atoms with van der Waals surface area (Å²) in [5, 5.41) is 48.0. The number of benzene rings is 1. The lowest BCUT2D eigenvalue weighted by Gasteiger charge is -2.33. The van der Waals surface area contributed by atoms with Crippen molar-refractivity contribution >= 4 is 59.7 Å². The Labute approximate surface area is 672 Å². The van der Waals surface area contributed by atoms with Gasteiger partial charge in [0.15, 0.2) is 5.41 Å². The molecule has 0 spiro atoms. The number of carbonyl (C=O) groups excluding carboxylic acids is 5. The van der Waals surface area contributed by atoms with Crippen molar-refractivity contribution in [3.63, 3.8) is 0 Å². The standard InChI is InChI=1S/C87H152N4O21/c1-4-7-10-13-16-19-22-25-28-31-34-37-40-43-49-54-82(102)110-72-87(73-111-83(103)55-50-44-41-38-35-32-29-26-23-20-17-14-11-8-5-2,74-112-84(104)56-51-45-42-39-36-33-30-27-24-21-18-15-12-9-6-3)86(106)108-62-60-88(63-75-52-47-46-48-53-75)59-61-107-71-85(105)109-70-76(91(68-80(98)99)69-81(100)101)64-89(65-77(92)93)57-58-90(66-78(94)95)67-79(96)97/h46-48,52-53,76H,4-45,49-51,54-74H2,1-3H3,(H,92,93)(H,94,95)(H,96,97)(H,98,99)(H,100,101). The molecule has 0 heterocycles. The van der Waals surface area contributed by atoms with Gasteiger partial charge in [-0.2, -0.15) is 0 Å². The molecule has 1 atom stereocenters. The second-order valence-corrected chi connectivity index (χ2v) is 31.0. The van der Waals surface area contributed by atoms with Crippen LogP contribution < -0.4 is 0 Å². The lowest BCUT2D eigenvalue weighted by Crippen LogP contribution is -2.52. The molecule has 1 aromatic carbocycles. The Balaban J connectivity index is 3.39. The summed E-state index contributed by atoms with van der Waals surface area (Å²) < 4.78 is 35.2. The highest BCUT2D eigenvalue weighted by Crippen LogP contribution is 2.26. The van der Waals surface area contributed by atoms with Crippen molar-refractivity contribution in [3.8, 4) is 0 Å². The number of hydrogen-bond donors (Lipinski definition) is 5. The van der Waals surface area contributed by atoms with Gasteiger partial charge < -0.3 is 54.0 Å². The molecule has 0 amide bonds. The number of ether oxygens (including phenoxy) is 6. The molecule has 0 aliphatic rings. The van der Waals surface area contributed by atoms with E-state index in [9.17, 15) is 73.5 Å². The van der Waals surface area contributed by atoms with Crippen LogP contribution in [0.1, 0.15) is 335 Å². The van der Waals surface area contributed by atoms with Crippen LogP contribution in [-0.2, 0) is 82.9 Å². The normalized spacial score (nSPS) is 11.9. The molecule has 0 radical (unpaired) electrons. The number of unbranched alkanes of at least 4 members (excludes halogenated alkanes) is 42. The van der Waals surface area contributed by atoms with Crippen LogP contribution in [-0.4, -0.2) is 223 Å². The third-order valence-corrected chi connectivity index (χ3v) is 20.5. The predicted octanol–water partition coefficient (Wildman–Crippen LogP) is 16.7. The van der Waals surface area contributed by atoms with Gasteiger partial charge in [-0.15, -0.1) is 0 Å². The van der Waals surface area contributed by atoms with Crippen molar-refractivity contribution in [1.29, 1.82) is 0 Å². The minimum atomic E-state index is -1.94. The number of carboxylic acid groups (broad SMARTS) is 5. The molecule has 0 saturated heterocycles. The molecule has 0 saturated carbocycles. The van der Waals surface area contributed by atoms with Crippen molar-refractivity contribution < 1.29 is 102 Å². The lowest BCUT2D eigenvalue weighted by atomic mass is 9.91. The smallest absolute Gasteiger partial charge is 0.332 e. The van der Waals surface area contributed by atoms with E-state index in [2.05, 4.69) is 20.8 Å². The zero-order chi connectivity index (χ0) is 82.2. The van der Waals surface area contributed by atoms with Crippen LogP contribution in [0.5, 0.6) is 0 Å². The minimum Gasteiger partial charge on any atom is -0.480 e. The molecular formula is C87H152N4O21. The van der Waals surface area contributed by atoms with Crippen LogP contribution in [0, 0.1) is 5.41 Å². The van der Waals surface area contributed by atoms with E-state index in [1.165, 1.54) is 198 Å². The van der Waals surface area contributed by atoms with Crippen LogP contribution in [0.25, 0.3) is 0 Å². The van der Waals surface area contributed by atoms with E-state index in [0.717, 1.165) is 92.4 Å². The van der Waals surface area contributed by atoms with Gasteiger partial charge in [-0.05, 0) is 24.8 Å². The maximum absolute atomic E-state index is 15.0. The van der Waals surface area contributed by atoms with E-state index in [4.69, 9.17) is 28.4 Å². The zero-order valence-electron chi connectivity index (χ0n) is 69.7. The fraction of sp³-hybridized carbons (Fsp3) is 0.816. The fourth-order valence-corrected chi connectivity index (χ4v) is 13.7. The molecular weight excluding hydrogens is 1440 g/mol. The van der Waals surface area contributed by atoms with Gasteiger partial charge in [0.1, 0.15) is 39.6 Å². The third kappa shape index (κ3) is 63.1. The first-order valence-corrected chi connectivity index (χ1v) is 43.6. The van der Waals surface area contributed by atoms with Gasteiger partial charge in [-0.1, -0.05) is 321 Å². The molecule has 0 aliphatic carbocycles. The monoisotopic (exact) mass is 1590 g/mol. The van der Waals surface area contributed by atoms with Crippen molar-refractivity contribution in [3.05, 3.63) is 35.9 Å². The van der Waals surface area contributed by atoms with Gasteiger partial charge in [0, 0.05) is 58.5 Å². The summed E-state index contributed by atoms with van der Waals surface area (Å²) in [4.78, 5) is 134. The Morgan fingerprint density at radius 3 is 0.964 bits per heavy atom. The second kappa shape index (κ2) is 72.4. The maximum Gasteiger partial charge on any atom is 0.332 e. The summed E-state index contributed by atoms with van der Waals surface area (Å²) in [6, 6.07) is 8.10. The average molecular weight is 1590 g/mol. The molecule has 1 unspecified atom stereocenters. The van der Waals surface area contributed by atoms with Crippen LogP contribution >= 0.6 is 0 Å². The molecule has 25 heteroatoms. The van der Waals surface area contributed by atoms with Gasteiger partial charge in [0.05, 0.1) is 45.4 Å². The number of hydrogen-bond acceptors (Lipinski definition) is 20. The van der Waals surface area contributed by atoms with E-state index in [1.54, 1.807) is 0 Å². The number of esters is 5. The van der Waals surface area contributed by atoms with E-state index in [-0.39, 0.29) is 58.7 Å². The van der Waals surface area contributed by atoms with Gasteiger partial charge in [0.2, 0.25) is 0 Å². The summed E-state index contributed by atoms with van der Waals surface area (Å²) in [7, 11) is 0. The first-order chi connectivity index (χ1) is 54.2. The fourth-order valence-electron chi connectivity index (χ4n) is 13.7. The van der Waals surface area contributed by atoms with Crippen LogP contribution in [0.3, 0.4) is 0 Å². The van der Waals surface area contributed by atoms with Crippen molar-refractivity contribution in [2.45, 2.75) is 342 Å². The number of rotatable bonds is 83. The van der Waals surface area contributed by atoms with Crippen LogP contribution in [0.15, 0.2) is 30.3 Å². The molecule has 112 heavy (non-hydrogen) atoms. The topological polar surface area (TPSA) is 340 Å². The molecule has 1 aromatic rings. The van der Waals surface area contributed by atoms with E-state index in [1.807, 2.05) is 35.2 Å². The number of aliphatic carboxylic acids is 5. The Bertz CT molecular complexity index is 2430. The summed E-state index contributed by atoms with van der Waals surface area (Å²) in [5.74, 6) is -10.4. The highest BCUT2D eigenvalue weighted by Gasteiger charge is 2.45. The third-order valence-electron chi connectivity index (χ3n) is 20.5. The predicted molar refractivity (Wildman–Crippen MR) is 435 cm³/mol. The van der Waals surface area contributed by atoms with Crippen LogP contribution in [0.2, 0.25) is 0 Å². The Hall–Kier alpha value is -6.28. The summed E-state index contributed by atoms with van der Waals surface area (Å²) in [5.41, 5.74) is -1.07. The first-order valence-electron chi connectivity index (χ1n) is 43.6. The van der Waals surface area contributed by atoms with Crippen LogP contribution in [0.4, 0.5) is 0 Å². The quantitative estimate of drug-likeness (QED) is 0.0230. The van der Waals surface area contributed by atoms with Gasteiger partial charge in [-0.25, -0.2) is 4.79 Å². The zero-order valence-corrected chi connectivity index (χ0v) is 69.7. The van der Waals surface area contributed by atoms with E-state index in [0.29, 0.717) is 25.8 Å². The van der Waals surface area contributed by atoms with E-state index < -0.39 is 143 Å². The molecule has 0 aromatic heterocycles. The average Bonchev–Trinajstić information content (AvgIpc) is 0.830. The summed E-state index contributed by atoms with van der Waals surface area (Å²) in [6.07, 6.45) is 52.5. The van der Waals surface area contributed by atoms with Gasteiger partial charge in [0.25, 0.3) is 0 Å². The van der Waals surface area contributed by atoms with Gasteiger partial charge >= 0.3 is 59.7 Å². The number of nitrogens with zero attached hydrogens (tertiary/aromatic N) is 4. The number of carbonyl (C=O) groups is 10.